The number of amides is 1. The summed E-state index contributed by atoms with van der Waals surface area (Å²) < 4.78 is 5.92. The van der Waals surface area contributed by atoms with Crippen LogP contribution in [0.1, 0.15) is 43.4 Å². The largest absolute Gasteiger partial charge is 0.493 e. The fraction of sp³-hybridized carbons (Fsp3) is 0.435. The number of carbonyl (C=O) groups excluding carboxylic acids is 1. The molecule has 0 fully saturated rings. The number of nitrogens with zero attached hydrogens (tertiary/aromatic N) is 1. The second-order valence-electron chi connectivity index (χ2n) is 7.75. The van der Waals surface area contributed by atoms with Crippen LogP contribution in [0.2, 0.25) is 0 Å². The molecule has 0 spiro atoms. The summed E-state index contributed by atoms with van der Waals surface area (Å²) in [6.45, 7) is 9.44. The van der Waals surface area contributed by atoms with Crippen LogP contribution in [-0.2, 0) is 11.3 Å². The highest BCUT2D eigenvalue weighted by molar-refractivity contribution is 5.81. The number of aryl methyl sites for hydroxylation is 2. The summed E-state index contributed by atoms with van der Waals surface area (Å²) in [5.74, 6) is 1.11. The van der Waals surface area contributed by atoms with Crippen LogP contribution < -0.4 is 4.74 Å². The maximum atomic E-state index is 12.8. The Hall–Kier alpha value is -2.29. The zero-order valence-electron chi connectivity index (χ0n) is 16.7. The van der Waals surface area contributed by atoms with Crippen LogP contribution in [0.25, 0.3) is 0 Å². The van der Waals surface area contributed by atoms with Gasteiger partial charge in [0.05, 0.1) is 6.61 Å². The van der Waals surface area contributed by atoms with Crippen LogP contribution >= 0.6 is 0 Å². The van der Waals surface area contributed by atoms with Crippen LogP contribution in [0, 0.1) is 19.3 Å². The molecular formula is C23H31NO2. The van der Waals surface area contributed by atoms with Crippen molar-refractivity contribution in [3.05, 3.63) is 65.2 Å². The molecular weight excluding hydrogens is 322 g/mol. The van der Waals surface area contributed by atoms with Crippen molar-refractivity contribution in [2.75, 3.05) is 13.7 Å². The third kappa shape index (κ3) is 5.62. The lowest BCUT2D eigenvalue weighted by Crippen LogP contribution is -2.38. The standard InChI is InChI=1S/C23H31NO2/c1-18-12-13-19(2)21(16-18)26-15-9-14-23(3,4)22(25)24(5)17-20-10-7-6-8-11-20/h6-8,10-13,16H,9,14-15,17H2,1-5H3. The van der Waals surface area contributed by atoms with Crippen molar-refractivity contribution in [1.82, 2.24) is 4.90 Å². The van der Waals surface area contributed by atoms with Gasteiger partial charge < -0.3 is 9.64 Å². The molecule has 2 aromatic carbocycles. The average Bonchev–Trinajstić information content (AvgIpc) is 2.61. The minimum atomic E-state index is -0.394. The number of ether oxygens (including phenoxy) is 1. The maximum absolute atomic E-state index is 12.8. The Morgan fingerprint density at radius 2 is 1.77 bits per heavy atom. The number of carbonyl (C=O) groups is 1. The van der Waals surface area contributed by atoms with Gasteiger partial charge in [0.1, 0.15) is 5.75 Å². The van der Waals surface area contributed by atoms with E-state index < -0.39 is 5.41 Å². The van der Waals surface area contributed by atoms with Crippen LogP contribution in [0.3, 0.4) is 0 Å². The molecule has 0 aliphatic rings. The molecule has 0 unspecified atom stereocenters. The van der Waals surface area contributed by atoms with Crippen molar-refractivity contribution in [3.63, 3.8) is 0 Å². The number of rotatable bonds is 8. The first-order chi connectivity index (χ1) is 12.3. The molecule has 26 heavy (non-hydrogen) atoms. The highest BCUT2D eigenvalue weighted by atomic mass is 16.5. The first-order valence-electron chi connectivity index (χ1n) is 9.29. The van der Waals surface area contributed by atoms with E-state index in [1.54, 1.807) is 0 Å². The van der Waals surface area contributed by atoms with Crippen molar-refractivity contribution in [3.8, 4) is 5.75 Å². The van der Waals surface area contributed by atoms with Gasteiger partial charge in [0, 0.05) is 19.0 Å². The summed E-state index contributed by atoms with van der Waals surface area (Å²) in [5.41, 5.74) is 3.10. The zero-order chi connectivity index (χ0) is 19.2. The quantitative estimate of drug-likeness (QED) is 0.614. The predicted molar refractivity (Wildman–Crippen MR) is 107 cm³/mol. The molecule has 0 N–H and O–H groups in total. The summed E-state index contributed by atoms with van der Waals surface area (Å²) in [6.07, 6.45) is 1.65. The minimum Gasteiger partial charge on any atom is -0.493 e. The highest BCUT2D eigenvalue weighted by Crippen LogP contribution is 2.26. The average molecular weight is 354 g/mol. The van der Waals surface area contributed by atoms with E-state index in [0.29, 0.717) is 13.2 Å². The Labute approximate surface area is 158 Å². The van der Waals surface area contributed by atoms with Crippen LogP contribution in [0.5, 0.6) is 5.75 Å². The van der Waals surface area contributed by atoms with Gasteiger partial charge in [0.25, 0.3) is 0 Å². The van der Waals surface area contributed by atoms with E-state index in [-0.39, 0.29) is 5.91 Å². The molecule has 0 atom stereocenters. The lowest BCUT2D eigenvalue weighted by Gasteiger charge is -2.29. The summed E-state index contributed by atoms with van der Waals surface area (Å²) in [4.78, 5) is 14.6. The Bertz CT molecular complexity index is 722. The van der Waals surface area contributed by atoms with E-state index >= 15 is 0 Å². The number of benzene rings is 2. The van der Waals surface area contributed by atoms with E-state index in [4.69, 9.17) is 4.74 Å². The lowest BCUT2D eigenvalue weighted by atomic mass is 9.86. The van der Waals surface area contributed by atoms with Gasteiger partial charge in [-0.3, -0.25) is 4.79 Å². The minimum absolute atomic E-state index is 0.174. The van der Waals surface area contributed by atoms with Gasteiger partial charge in [-0.05, 0) is 49.4 Å². The summed E-state index contributed by atoms with van der Waals surface area (Å²) in [6, 6.07) is 16.3. The van der Waals surface area contributed by atoms with Gasteiger partial charge in [-0.1, -0.05) is 56.3 Å². The number of hydrogen-bond donors (Lipinski definition) is 0. The van der Waals surface area contributed by atoms with Gasteiger partial charge in [-0.2, -0.15) is 0 Å². The van der Waals surface area contributed by atoms with Gasteiger partial charge in [-0.25, -0.2) is 0 Å². The molecule has 0 heterocycles. The van der Waals surface area contributed by atoms with Crippen molar-refractivity contribution in [2.45, 2.75) is 47.1 Å². The maximum Gasteiger partial charge on any atom is 0.228 e. The Balaban J connectivity index is 1.83. The van der Waals surface area contributed by atoms with Crippen molar-refractivity contribution in [2.24, 2.45) is 5.41 Å². The van der Waals surface area contributed by atoms with Crippen molar-refractivity contribution in [1.29, 1.82) is 0 Å². The molecule has 0 bridgehead atoms. The molecule has 2 aromatic rings. The SMILES string of the molecule is Cc1ccc(C)c(OCCCC(C)(C)C(=O)N(C)Cc2ccccc2)c1. The van der Waals surface area contributed by atoms with Crippen molar-refractivity contribution >= 4 is 5.91 Å². The Morgan fingerprint density at radius 3 is 2.46 bits per heavy atom. The lowest BCUT2D eigenvalue weighted by molar-refractivity contribution is -0.140. The first kappa shape index (κ1) is 20.0. The van der Waals surface area contributed by atoms with Gasteiger partial charge in [0.15, 0.2) is 0 Å². The van der Waals surface area contributed by atoms with Gasteiger partial charge >= 0.3 is 0 Å². The molecule has 3 nitrogen and oxygen atoms in total. The molecule has 1 amide bonds. The van der Waals surface area contributed by atoms with E-state index in [0.717, 1.165) is 29.7 Å². The Morgan fingerprint density at radius 1 is 1.08 bits per heavy atom. The second-order valence-corrected chi connectivity index (χ2v) is 7.75. The molecule has 0 aliphatic heterocycles. The topological polar surface area (TPSA) is 29.5 Å². The Kier molecular flexibility index (Phi) is 6.84. The van der Waals surface area contributed by atoms with Crippen LogP contribution in [0.15, 0.2) is 48.5 Å². The number of hydrogen-bond acceptors (Lipinski definition) is 2. The summed E-state index contributed by atoms with van der Waals surface area (Å²) in [5, 5.41) is 0. The summed E-state index contributed by atoms with van der Waals surface area (Å²) in [7, 11) is 1.88. The third-order valence-electron chi connectivity index (χ3n) is 4.74. The van der Waals surface area contributed by atoms with E-state index in [9.17, 15) is 4.79 Å². The summed E-state index contributed by atoms with van der Waals surface area (Å²) >= 11 is 0. The fourth-order valence-corrected chi connectivity index (χ4v) is 3.11. The van der Waals surface area contributed by atoms with Crippen LogP contribution in [-0.4, -0.2) is 24.5 Å². The van der Waals surface area contributed by atoms with E-state index in [1.165, 1.54) is 5.56 Å². The van der Waals surface area contributed by atoms with Gasteiger partial charge in [-0.15, -0.1) is 0 Å². The predicted octanol–water partition coefficient (Wildman–Crippen LogP) is 5.15. The normalized spacial score (nSPS) is 11.3. The molecule has 140 valence electrons. The first-order valence-corrected chi connectivity index (χ1v) is 9.29. The third-order valence-corrected chi connectivity index (χ3v) is 4.74. The zero-order valence-corrected chi connectivity index (χ0v) is 16.7. The molecule has 3 heteroatoms. The molecule has 0 saturated heterocycles. The highest BCUT2D eigenvalue weighted by Gasteiger charge is 2.30. The smallest absolute Gasteiger partial charge is 0.228 e. The van der Waals surface area contributed by atoms with Crippen molar-refractivity contribution < 1.29 is 9.53 Å². The van der Waals surface area contributed by atoms with E-state index in [2.05, 4.69) is 44.2 Å². The van der Waals surface area contributed by atoms with Gasteiger partial charge in [0.2, 0.25) is 5.91 Å². The molecule has 0 radical (unpaired) electrons. The van der Waals surface area contributed by atoms with E-state index in [1.807, 2.05) is 44.0 Å². The fourth-order valence-electron chi connectivity index (χ4n) is 3.11. The molecule has 0 aromatic heterocycles. The molecule has 0 aliphatic carbocycles. The molecule has 0 saturated carbocycles. The molecule has 2 rings (SSSR count). The van der Waals surface area contributed by atoms with Crippen LogP contribution in [0.4, 0.5) is 0 Å². The second kappa shape index (κ2) is 8.88. The monoisotopic (exact) mass is 353 g/mol.